The van der Waals surface area contributed by atoms with Gasteiger partial charge in [-0.05, 0) is 45.0 Å². The lowest BCUT2D eigenvalue weighted by Gasteiger charge is -2.27. The van der Waals surface area contributed by atoms with E-state index in [1.54, 1.807) is 16.8 Å². The predicted molar refractivity (Wildman–Crippen MR) is 129 cm³/mol. The van der Waals surface area contributed by atoms with E-state index in [9.17, 15) is 9.18 Å². The first-order chi connectivity index (χ1) is 16.3. The fourth-order valence-electron chi connectivity index (χ4n) is 3.85. The number of carbonyl (C=O) groups excluding carboxylic acids is 1. The Morgan fingerprint density at radius 2 is 1.88 bits per heavy atom. The summed E-state index contributed by atoms with van der Waals surface area (Å²) in [4.78, 5) is 15.3. The number of ether oxygens (including phenoxy) is 1. The minimum Gasteiger partial charge on any atom is -0.379 e. The van der Waals surface area contributed by atoms with Crippen molar-refractivity contribution in [2.24, 2.45) is 7.05 Å². The number of hydrogen-bond donors (Lipinski definition) is 1. The number of morpholine rings is 1. The summed E-state index contributed by atoms with van der Waals surface area (Å²) >= 11 is 1.35. The molecule has 1 atom stereocenters. The van der Waals surface area contributed by atoms with Gasteiger partial charge in [0.25, 0.3) is 0 Å². The highest BCUT2D eigenvalue weighted by Gasteiger charge is 2.23. The van der Waals surface area contributed by atoms with E-state index >= 15 is 0 Å². The Kier molecular flexibility index (Phi) is 7.64. The zero-order chi connectivity index (χ0) is 24.2. The molecule has 9 nitrogen and oxygen atoms in total. The van der Waals surface area contributed by atoms with Crippen LogP contribution >= 0.6 is 11.8 Å². The van der Waals surface area contributed by atoms with Crippen LogP contribution in [0.15, 0.2) is 29.4 Å². The molecule has 2 aromatic heterocycles. The maximum atomic E-state index is 13.5. The molecule has 4 rings (SSSR count). The number of nitrogens with zero attached hydrogens (tertiary/aromatic N) is 6. The van der Waals surface area contributed by atoms with Gasteiger partial charge in [0.2, 0.25) is 5.91 Å². The number of carbonyl (C=O) groups is 1. The number of anilines is 1. The van der Waals surface area contributed by atoms with Crippen LogP contribution in [-0.4, -0.2) is 73.5 Å². The highest BCUT2D eigenvalue weighted by molar-refractivity contribution is 8.00. The maximum Gasteiger partial charge on any atom is 0.237 e. The number of nitrogens with one attached hydrogen (secondary N) is 1. The Labute approximate surface area is 202 Å². The van der Waals surface area contributed by atoms with Gasteiger partial charge in [-0.3, -0.25) is 14.4 Å². The maximum absolute atomic E-state index is 13.5. The second kappa shape index (κ2) is 10.7. The number of benzene rings is 1. The lowest BCUT2D eigenvalue weighted by atomic mass is 10.2. The number of thioether (sulfide) groups is 1. The van der Waals surface area contributed by atoms with E-state index in [0.29, 0.717) is 17.5 Å². The van der Waals surface area contributed by atoms with E-state index in [4.69, 9.17) is 4.74 Å². The second-order valence-electron chi connectivity index (χ2n) is 8.34. The van der Waals surface area contributed by atoms with Gasteiger partial charge >= 0.3 is 0 Å². The predicted octanol–water partition coefficient (Wildman–Crippen LogP) is 2.89. The topological polar surface area (TPSA) is 90.1 Å². The molecule has 1 saturated heterocycles. The number of halogens is 1. The number of rotatable bonds is 8. The molecule has 3 heterocycles. The SMILES string of the molecule is Cc1nn(C)c(C)c1NC(=O)[C@H](C)Sc1nnc(-c2ccc(F)cc2)n1CCN1CCOCC1. The van der Waals surface area contributed by atoms with Crippen molar-refractivity contribution in [1.29, 1.82) is 0 Å². The van der Waals surface area contributed by atoms with Gasteiger partial charge in [-0.2, -0.15) is 5.10 Å². The van der Waals surface area contributed by atoms with Crippen LogP contribution < -0.4 is 5.32 Å². The lowest BCUT2D eigenvalue weighted by molar-refractivity contribution is -0.115. The van der Waals surface area contributed by atoms with Crippen molar-refractivity contribution in [3.05, 3.63) is 41.5 Å². The molecule has 1 N–H and O–H groups in total. The van der Waals surface area contributed by atoms with Crippen molar-refractivity contribution in [3.8, 4) is 11.4 Å². The van der Waals surface area contributed by atoms with Gasteiger partial charge in [-0.15, -0.1) is 10.2 Å². The molecule has 3 aromatic rings. The van der Waals surface area contributed by atoms with Crippen LogP contribution in [-0.2, 0) is 23.1 Å². The summed E-state index contributed by atoms with van der Waals surface area (Å²) in [7, 11) is 1.85. The molecule has 1 aliphatic rings. The van der Waals surface area contributed by atoms with Crippen molar-refractivity contribution < 1.29 is 13.9 Å². The van der Waals surface area contributed by atoms with Crippen LogP contribution in [0.2, 0.25) is 0 Å². The lowest BCUT2D eigenvalue weighted by Crippen LogP contribution is -2.38. The summed E-state index contributed by atoms with van der Waals surface area (Å²) in [6.07, 6.45) is 0. The average molecular weight is 488 g/mol. The molecular weight excluding hydrogens is 457 g/mol. The molecule has 34 heavy (non-hydrogen) atoms. The van der Waals surface area contributed by atoms with E-state index in [-0.39, 0.29) is 11.7 Å². The van der Waals surface area contributed by atoms with E-state index in [1.165, 1.54) is 23.9 Å². The fourth-order valence-corrected chi connectivity index (χ4v) is 4.72. The zero-order valence-corrected chi connectivity index (χ0v) is 20.7. The minimum atomic E-state index is -0.411. The van der Waals surface area contributed by atoms with Gasteiger partial charge in [0, 0.05) is 38.8 Å². The molecule has 1 aromatic carbocycles. The van der Waals surface area contributed by atoms with Crippen molar-refractivity contribution in [1.82, 2.24) is 29.4 Å². The number of aromatic nitrogens is 5. The molecule has 0 unspecified atom stereocenters. The van der Waals surface area contributed by atoms with Gasteiger partial charge in [0.15, 0.2) is 11.0 Å². The highest BCUT2D eigenvalue weighted by atomic mass is 32.2. The molecule has 1 fully saturated rings. The van der Waals surface area contributed by atoms with Crippen LogP contribution in [0.1, 0.15) is 18.3 Å². The smallest absolute Gasteiger partial charge is 0.237 e. The molecule has 0 saturated carbocycles. The largest absolute Gasteiger partial charge is 0.379 e. The summed E-state index contributed by atoms with van der Waals surface area (Å²) < 4.78 is 22.7. The fraction of sp³-hybridized carbons (Fsp3) is 0.478. The number of aryl methyl sites for hydroxylation is 2. The van der Waals surface area contributed by atoms with Crippen LogP contribution in [0.5, 0.6) is 0 Å². The van der Waals surface area contributed by atoms with Crippen LogP contribution in [0.25, 0.3) is 11.4 Å². The molecule has 0 aliphatic carbocycles. The van der Waals surface area contributed by atoms with E-state index in [2.05, 4.69) is 25.5 Å². The Bertz CT molecular complexity index is 1140. The first-order valence-corrected chi connectivity index (χ1v) is 12.2. The second-order valence-corrected chi connectivity index (χ2v) is 9.65. The average Bonchev–Trinajstić information content (AvgIpc) is 3.33. The first kappa shape index (κ1) is 24.4. The third-order valence-electron chi connectivity index (χ3n) is 5.97. The third-order valence-corrected chi connectivity index (χ3v) is 7.05. The van der Waals surface area contributed by atoms with Crippen molar-refractivity contribution >= 4 is 23.4 Å². The third kappa shape index (κ3) is 5.48. The Morgan fingerprint density at radius 3 is 2.53 bits per heavy atom. The number of hydrogen-bond acceptors (Lipinski definition) is 7. The molecule has 1 amide bonds. The summed E-state index contributed by atoms with van der Waals surface area (Å²) in [5.41, 5.74) is 3.19. The molecule has 11 heteroatoms. The number of amides is 1. The summed E-state index contributed by atoms with van der Waals surface area (Å²) in [6, 6.07) is 6.22. The van der Waals surface area contributed by atoms with E-state index in [1.807, 2.05) is 32.4 Å². The highest BCUT2D eigenvalue weighted by Crippen LogP contribution is 2.28. The molecule has 0 radical (unpaired) electrons. The van der Waals surface area contributed by atoms with Gasteiger partial charge in [0.1, 0.15) is 5.82 Å². The zero-order valence-electron chi connectivity index (χ0n) is 19.9. The Hall–Kier alpha value is -2.76. The standard InChI is InChI=1S/C23H30FN7O2S/c1-15-20(16(2)29(4)28-15)25-22(32)17(3)34-23-27-26-21(18-5-7-19(24)8-6-18)31(23)10-9-30-11-13-33-14-12-30/h5-8,17H,9-14H2,1-4H3,(H,25,32)/t17-/m0/s1. The minimum absolute atomic E-state index is 0.129. The van der Waals surface area contributed by atoms with Crippen LogP contribution in [0.3, 0.4) is 0 Å². The molecule has 0 bridgehead atoms. The van der Waals surface area contributed by atoms with Crippen molar-refractivity contribution in [2.75, 3.05) is 38.2 Å². The van der Waals surface area contributed by atoms with Gasteiger partial charge in [0.05, 0.1) is 35.5 Å². The van der Waals surface area contributed by atoms with Crippen molar-refractivity contribution in [2.45, 2.75) is 37.7 Å². The molecule has 1 aliphatic heterocycles. The normalized spacial score (nSPS) is 15.4. The summed E-state index contributed by atoms with van der Waals surface area (Å²) in [5, 5.41) is 16.4. The molecule has 0 spiro atoms. The van der Waals surface area contributed by atoms with E-state index in [0.717, 1.165) is 55.5 Å². The summed E-state index contributed by atoms with van der Waals surface area (Å²) in [5.74, 6) is 0.224. The van der Waals surface area contributed by atoms with Crippen LogP contribution in [0, 0.1) is 19.7 Å². The summed E-state index contributed by atoms with van der Waals surface area (Å²) in [6.45, 7) is 10.3. The van der Waals surface area contributed by atoms with Crippen LogP contribution in [0.4, 0.5) is 10.1 Å². The van der Waals surface area contributed by atoms with Crippen molar-refractivity contribution in [3.63, 3.8) is 0 Å². The molecular formula is C23H30FN7O2S. The molecule has 182 valence electrons. The monoisotopic (exact) mass is 487 g/mol. The van der Waals surface area contributed by atoms with E-state index < -0.39 is 5.25 Å². The van der Waals surface area contributed by atoms with Gasteiger partial charge in [-0.1, -0.05) is 11.8 Å². The first-order valence-electron chi connectivity index (χ1n) is 11.3. The van der Waals surface area contributed by atoms with Gasteiger partial charge < -0.3 is 14.6 Å². The Balaban J connectivity index is 1.53. The Morgan fingerprint density at radius 1 is 1.18 bits per heavy atom. The van der Waals surface area contributed by atoms with Gasteiger partial charge in [-0.25, -0.2) is 4.39 Å². The quantitative estimate of drug-likeness (QED) is 0.489.